The fourth-order valence-electron chi connectivity index (χ4n) is 3.11. The topological polar surface area (TPSA) is 20.2 Å². The molecule has 0 saturated heterocycles. The molecular formula is C19H14O. The largest absolute Gasteiger partial charge is 0.507 e. The second-order valence-corrected chi connectivity index (χ2v) is 5.18. The van der Waals surface area contributed by atoms with Crippen LogP contribution in [-0.4, -0.2) is 5.11 Å². The van der Waals surface area contributed by atoms with E-state index in [0.717, 1.165) is 17.5 Å². The average molecular weight is 258 g/mol. The van der Waals surface area contributed by atoms with Crippen LogP contribution in [0.4, 0.5) is 0 Å². The summed E-state index contributed by atoms with van der Waals surface area (Å²) in [7, 11) is 0. The molecule has 0 amide bonds. The van der Waals surface area contributed by atoms with Crippen LogP contribution >= 0.6 is 0 Å². The van der Waals surface area contributed by atoms with Crippen molar-refractivity contribution in [3.63, 3.8) is 0 Å². The van der Waals surface area contributed by atoms with E-state index in [1.54, 1.807) is 6.07 Å². The van der Waals surface area contributed by atoms with Gasteiger partial charge in [-0.2, -0.15) is 0 Å². The van der Waals surface area contributed by atoms with Crippen LogP contribution in [0.5, 0.6) is 5.75 Å². The Hall–Kier alpha value is -2.54. The number of phenols is 1. The van der Waals surface area contributed by atoms with Crippen molar-refractivity contribution >= 4 is 0 Å². The molecule has 0 bridgehead atoms. The molecule has 3 aromatic rings. The highest BCUT2D eigenvalue weighted by atomic mass is 16.3. The van der Waals surface area contributed by atoms with E-state index in [1.807, 2.05) is 18.2 Å². The summed E-state index contributed by atoms with van der Waals surface area (Å²) in [5.74, 6) is 0.344. The molecule has 1 nitrogen and oxygen atoms in total. The van der Waals surface area contributed by atoms with Crippen LogP contribution in [0.15, 0.2) is 66.7 Å². The SMILES string of the molecule is Oc1ccccc1-c1cccc2c1Cc1ccccc1-2. The highest BCUT2D eigenvalue weighted by molar-refractivity contribution is 5.86. The van der Waals surface area contributed by atoms with Gasteiger partial charge in [0, 0.05) is 5.56 Å². The van der Waals surface area contributed by atoms with E-state index in [1.165, 1.54) is 22.3 Å². The third kappa shape index (κ3) is 1.56. The van der Waals surface area contributed by atoms with Gasteiger partial charge in [-0.3, -0.25) is 0 Å². The molecule has 0 radical (unpaired) electrons. The zero-order valence-electron chi connectivity index (χ0n) is 11.0. The minimum absolute atomic E-state index is 0.344. The van der Waals surface area contributed by atoms with Gasteiger partial charge >= 0.3 is 0 Å². The highest BCUT2D eigenvalue weighted by Crippen LogP contribution is 2.43. The van der Waals surface area contributed by atoms with Crippen molar-refractivity contribution in [1.82, 2.24) is 0 Å². The smallest absolute Gasteiger partial charge is 0.123 e. The predicted molar refractivity (Wildman–Crippen MR) is 81.8 cm³/mol. The number of rotatable bonds is 1. The summed E-state index contributed by atoms with van der Waals surface area (Å²) in [6, 6.07) is 22.4. The second-order valence-electron chi connectivity index (χ2n) is 5.18. The van der Waals surface area contributed by atoms with Gasteiger partial charge < -0.3 is 5.11 Å². The van der Waals surface area contributed by atoms with Crippen molar-refractivity contribution in [1.29, 1.82) is 0 Å². The van der Waals surface area contributed by atoms with Gasteiger partial charge in [0.1, 0.15) is 5.75 Å². The molecule has 0 spiro atoms. The Bertz CT molecular complexity index is 802. The van der Waals surface area contributed by atoms with E-state index in [-0.39, 0.29) is 0 Å². The Balaban J connectivity index is 1.97. The Morgan fingerprint density at radius 1 is 0.600 bits per heavy atom. The third-order valence-electron chi connectivity index (χ3n) is 4.05. The summed E-state index contributed by atoms with van der Waals surface area (Å²) in [5, 5.41) is 10.1. The molecule has 0 unspecified atom stereocenters. The van der Waals surface area contributed by atoms with Crippen molar-refractivity contribution < 1.29 is 5.11 Å². The monoisotopic (exact) mass is 258 g/mol. The maximum Gasteiger partial charge on any atom is 0.123 e. The van der Waals surface area contributed by atoms with Crippen molar-refractivity contribution in [2.24, 2.45) is 0 Å². The maximum atomic E-state index is 10.1. The number of para-hydroxylation sites is 1. The van der Waals surface area contributed by atoms with Crippen LogP contribution in [0.25, 0.3) is 22.3 Å². The van der Waals surface area contributed by atoms with Gasteiger partial charge in [-0.15, -0.1) is 0 Å². The van der Waals surface area contributed by atoms with E-state index in [0.29, 0.717) is 5.75 Å². The van der Waals surface area contributed by atoms with Crippen molar-refractivity contribution in [2.75, 3.05) is 0 Å². The third-order valence-corrected chi connectivity index (χ3v) is 4.05. The van der Waals surface area contributed by atoms with Crippen LogP contribution in [0.2, 0.25) is 0 Å². The maximum absolute atomic E-state index is 10.1. The number of hydrogen-bond donors (Lipinski definition) is 1. The van der Waals surface area contributed by atoms with Gasteiger partial charge in [-0.25, -0.2) is 0 Å². The lowest BCUT2D eigenvalue weighted by Gasteiger charge is -2.10. The lowest BCUT2D eigenvalue weighted by molar-refractivity contribution is 0.477. The first-order chi connectivity index (χ1) is 9.84. The van der Waals surface area contributed by atoms with Crippen LogP contribution in [0.3, 0.4) is 0 Å². The number of aromatic hydroxyl groups is 1. The van der Waals surface area contributed by atoms with Crippen molar-refractivity contribution in [3.8, 4) is 28.0 Å². The summed E-state index contributed by atoms with van der Waals surface area (Å²) in [5.41, 5.74) is 7.34. The van der Waals surface area contributed by atoms with Gasteiger partial charge in [-0.1, -0.05) is 60.7 Å². The first-order valence-electron chi connectivity index (χ1n) is 6.83. The van der Waals surface area contributed by atoms with Crippen LogP contribution in [0.1, 0.15) is 11.1 Å². The molecule has 0 aliphatic heterocycles. The lowest BCUT2D eigenvalue weighted by atomic mass is 9.95. The highest BCUT2D eigenvalue weighted by Gasteiger charge is 2.21. The normalized spacial score (nSPS) is 12.0. The first kappa shape index (κ1) is 11.3. The number of benzene rings is 3. The summed E-state index contributed by atoms with van der Waals surface area (Å²) in [6.45, 7) is 0. The molecule has 0 heterocycles. The fourth-order valence-corrected chi connectivity index (χ4v) is 3.11. The molecule has 0 atom stereocenters. The van der Waals surface area contributed by atoms with Crippen LogP contribution in [0, 0.1) is 0 Å². The minimum atomic E-state index is 0.344. The molecule has 0 aromatic heterocycles. The van der Waals surface area contributed by atoms with Gasteiger partial charge in [0.05, 0.1) is 0 Å². The molecule has 1 N–H and O–H groups in total. The summed E-state index contributed by atoms with van der Waals surface area (Å²) < 4.78 is 0. The Kier molecular flexibility index (Phi) is 2.40. The molecule has 3 aromatic carbocycles. The zero-order chi connectivity index (χ0) is 13.5. The van der Waals surface area contributed by atoms with E-state index in [9.17, 15) is 5.11 Å². The van der Waals surface area contributed by atoms with Gasteiger partial charge in [0.15, 0.2) is 0 Å². The zero-order valence-corrected chi connectivity index (χ0v) is 11.0. The summed E-state index contributed by atoms with van der Waals surface area (Å²) in [4.78, 5) is 0. The predicted octanol–water partition coefficient (Wildman–Crippen LogP) is 4.63. The number of fused-ring (bicyclic) bond motifs is 3. The van der Waals surface area contributed by atoms with E-state index in [2.05, 4.69) is 42.5 Å². The van der Waals surface area contributed by atoms with E-state index >= 15 is 0 Å². The Labute approximate surface area is 118 Å². The molecule has 20 heavy (non-hydrogen) atoms. The van der Waals surface area contributed by atoms with Gasteiger partial charge in [-0.05, 0) is 40.3 Å². The fraction of sp³-hybridized carbons (Fsp3) is 0.0526. The average Bonchev–Trinajstić information content (AvgIpc) is 2.86. The molecular weight excluding hydrogens is 244 g/mol. The van der Waals surface area contributed by atoms with Gasteiger partial charge in [0.2, 0.25) is 0 Å². The molecule has 0 saturated carbocycles. The molecule has 1 heteroatoms. The first-order valence-corrected chi connectivity index (χ1v) is 6.83. The van der Waals surface area contributed by atoms with Gasteiger partial charge in [0.25, 0.3) is 0 Å². The Morgan fingerprint density at radius 2 is 1.20 bits per heavy atom. The summed E-state index contributed by atoms with van der Waals surface area (Å²) >= 11 is 0. The molecule has 96 valence electrons. The standard InChI is InChI=1S/C19H14O/c20-19-11-4-3-8-17(19)16-10-5-9-15-14-7-2-1-6-13(14)12-18(15)16/h1-11,20H,12H2. The number of hydrogen-bond acceptors (Lipinski definition) is 1. The molecule has 0 fully saturated rings. The van der Waals surface area contributed by atoms with E-state index in [4.69, 9.17) is 0 Å². The number of phenolic OH excluding ortho intramolecular Hbond substituents is 1. The quantitative estimate of drug-likeness (QED) is 0.527. The summed E-state index contributed by atoms with van der Waals surface area (Å²) in [6.07, 6.45) is 0.940. The van der Waals surface area contributed by atoms with Crippen LogP contribution in [-0.2, 0) is 6.42 Å². The van der Waals surface area contributed by atoms with Crippen LogP contribution < -0.4 is 0 Å². The van der Waals surface area contributed by atoms with Crippen molar-refractivity contribution in [3.05, 3.63) is 77.9 Å². The minimum Gasteiger partial charge on any atom is -0.507 e. The molecule has 1 aliphatic rings. The lowest BCUT2D eigenvalue weighted by Crippen LogP contribution is -1.88. The Morgan fingerprint density at radius 3 is 2.00 bits per heavy atom. The van der Waals surface area contributed by atoms with Crippen molar-refractivity contribution in [2.45, 2.75) is 6.42 Å². The molecule has 1 aliphatic carbocycles. The second kappa shape index (κ2) is 4.24. The van der Waals surface area contributed by atoms with E-state index < -0.39 is 0 Å². The molecule has 4 rings (SSSR count).